The molecule has 0 unspecified atom stereocenters. The first-order valence-corrected chi connectivity index (χ1v) is 20.8. The van der Waals surface area contributed by atoms with Gasteiger partial charge in [0.05, 0.1) is 0 Å². The summed E-state index contributed by atoms with van der Waals surface area (Å²) >= 11 is 0. The van der Waals surface area contributed by atoms with Crippen LogP contribution in [0.4, 0.5) is 5.69 Å². The Balaban J connectivity index is 1.11. The molecule has 7 aromatic carbocycles. The van der Waals surface area contributed by atoms with Crippen LogP contribution in [0, 0.1) is 0 Å². The topological polar surface area (TPSA) is 17.0 Å². The van der Waals surface area contributed by atoms with E-state index >= 15 is 0 Å². The number of benzene rings is 7. The molecule has 4 saturated heterocycles. The molecule has 0 spiro atoms. The zero-order valence-corrected chi connectivity index (χ0v) is 28.8. The number of para-hydroxylation sites is 2. The fourth-order valence-electron chi connectivity index (χ4n) is 11.6. The first kappa shape index (κ1) is 27.6. The second-order valence-corrected chi connectivity index (χ2v) is 20.7. The fraction of sp³-hybridized carbons (Fsp3) is 0.0233. The Morgan fingerprint density at radius 1 is 0.569 bits per heavy atom. The van der Waals surface area contributed by atoms with Crippen LogP contribution in [0.2, 0.25) is 0 Å². The van der Waals surface area contributed by atoms with E-state index in [1.165, 1.54) is 71.8 Å². The summed E-state index contributed by atoms with van der Waals surface area (Å²) in [5.74, 6) is 0. The minimum absolute atomic E-state index is 0.143. The van der Waals surface area contributed by atoms with Crippen LogP contribution in [0.5, 0.6) is 0 Å². The summed E-state index contributed by atoms with van der Waals surface area (Å²) < 4.78 is 2.62. The Bertz CT molecular complexity index is 2760. The van der Waals surface area contributed by atoms with Crippen molar-refractivity contribution in [1.29, 1.82) is 0 Å². The molecule has 2 nitrogen and oxygen atoms in total. The van der Waals surface area contributed by atoms with Crippen molar-refractivity contribution < 1.29 is 0 Å². The Kier molecular flexibility index (Phi) is 4.88. The number of anilines is 1. The molecule has 8 heteroatoms. The Morgan fingerprint density at radius 3 is 1.90 bits per heavy atom. The fourth-order valence-corrected chi connectivity index (χ4v) is 19.7. The number of hydrogen-bond acceptors (Lipinski definition) is 1. The van der Waals surface area contributed by atoms with Crippen molar-refractivity contribution in [2.24, 2.45) is 0 Å². The summed E-state index contributed by atoms with van der Waals surface area (Å²) in [5.41, 5.74) is 14.4. The van der Waals surface area contributed by atoms with E-state index in [-0.39, 0.29) is 6.71 Å². The van der Waals surface area contributed by atoms with Crippen molar-refractivity contribution in [2.45, 2.75) is 5.41 Å². The van der Waals surface area contributed by atoms with Gasteiger partial charge in [-0.05, 0) is 0 Å². The van der Waals surface area contributed by atoms with E-state index in [4.69, 9.17) is 0 Å². The van der Waals surface area contributed by atoms with Gasteiger partial charge in [0.2, 0.25) is 0 Å². The molecule has 6 aliphatic heterocycles. The Labute approximate surface area is 299 Å². The van der Waals surface area contributed by atoms with Crippen molar-refractivity contribution in [3.05, 3.63) is 192 Å². The first-order valence-electron chi connectivity index (χ1n) is 18.4. The van der Waals surface area contributed by atoms with Gasteiger partial charge in [-0.2, -0.15) is 0 Å². The van der Waals surface area contributed by atoms with Crippen LogP contribution in [0.1, 0.15) is 22.3 Å². The molecule has 1 aromatic heterocycles. The van der Waals surface area contributed by atoms with Gasteiger partial charge in [-0.1, -0.05) is 12.1 Å². The number of aromatic nitrogens is 1. The summed E-state index contributed by atoms with van der Waals surface area (Å²) in [5, 5.41) is 8.58. The SMILES string of the molecule is [B-]1B2B3B1P23(Nc1ccccc1)c1ccc2c(c1)c1cccc3c1n2-c1cccc2c1B3c1ccccc1C2(c1ccccc1)c1ccccc1. The van der Waals surface area contributed by atoms with Crippen LogP contribution in [0.3, 0.4) is 0 Å². The van der Waals surface area contributed by atoms with Gasteiger partial charge in [0.25, 0.3) is 0 Å². The van der Waals surface area contributed by atoms with Gasteiger partial charge in [-0.3, -0.25) is 0 Å². The predicted octanol–water partition coefficient (Wildman–Crippen LogP) is 6.38. The number of nitrogens with one attached hydrogen (secondary N) is 1. The van der Waals surface area contributed by atoms with Crippen molar-refractivity contribution in [3.8, 4) is 5.69 Å². The van der Waals surface area contributed by atoms with E-state index in [0.717, 1.165) is 18.6 Å². The second kappa shape index (κ2) is 9.03. The third-order valence-electron chi connectivity index (χ3n) is 13.8. The second-order valence-electron chi connectivity index (χ2n) is 15.5. The van der Waals surface area contributed by atoms with E-state index in [0.29, 0.717) is 0 Å². The van der Waals surface area contributed by atoms with Gasteiger partial charge >= 0.3 is 289 Å². The van der Waals surface area contributed by atoms with E-state index in [9.17, 15) is 0 Å². The summed E-state index contributed by atoms with van der Waals surface area (Å²) in [6.07, 6.45) is 0.181. The maximum absolute atomic E-state index is 4.24. The third kappa shape index (κ3) is 2.90. The molecule has 2 radical (unpaired) electrons. The van der Waals surface area contributed by atoms with E-state index in [1.807, 2.05) is 0 Å². The van der Waals surface area contributed by atoms with Crippen LogP contribution in [0.15, 0.2) is 170 Å². The zero-order chi connectivity index (χ0) is 33.1. The molecule has 0 saturated carbocycles. The van der Waals surface area contributed by atoms with Gasteiger partial charge in [0.15, 0.2) is 0 Å². The van der Waals surface area contributed by atoms with Crippen molar-refractivity contribution in [3.63, 3.8) is 0 Å². The summed E-state index contributed by atoms with van der Waals surface area (Å²) in [7, 11) is 2.62. The molecule has 7 heterocycles. The number of hydrogen-bond donors (Lipinski definition) is 1. The van der Waals surface area contributed by atoms with Crippen molar-refractivity contribution in [1.82, 2.24) is 4.57 Å². The summed E-state index contributed by atoms with van der Waals surface area (Å²) in [4.78, 5) is 0. The van der Waals surface area contributed by atoms with Gasteiger partial charge in [-0.25, -0.2) is 0 Å². The average molecular weight is 659 g/mol. The van der Waals surface area contributed by atoms with E-state index in [1.54, 1.807) is 5.30 Å². The van der Waals surface area contributed by atoms with E-state index in [2.05, 4.69) is 187 Å². The average Bonchev–Trinajstić information content (AvgIpc) is 3.78. The zero-order valence-electron chi connectivity index (χ0n) is 27.9. The van der Waals surface area contributed by atoms with E-state index < -0.39 is 11.8 Å². The molecular weight excluding hydrogens is 630 g/mol. The maximum atomic E-state index is 4.24. The molecule has 232 valence electrons. The molecule has 0 atom stereocenters. The van der Waals surface area contributed by atoms with Gasteiger partial charge in [0, 0.05) is 0 Å². The molecule has 1 N–H and O–H groups in total. The quantitative estimate of drug-likeness (QED) is 0.168. The molecule has 14 rings (SSSR count). The monoisotopic (exact) mass is 659 g/mol. The summed E-state index contributed by atoms with van der Waals surface area (Å²) in [6, 6.07) is 64.5. The molecule has 51 heavy (non-hydrogen) atoms. The first-order chi connectivity index (χ1) is 25.3. The Morgan fingerprint density at radius 2 is 1.20 bits per heavy atom. The van der Waals surface area contributed by atoms with Crippen LogP contribution in [-0.2, 0) is 5.41 Å². The van der Waals surface area contributed by atoms with Gasteiger partial charge in [0.1, 0.15) is 0 Å². The molecule has 0 aliphatic carbocycles. The molecular formula is C43H29B5N2P-. The van der Waals surface area contributed by atoms with Crippen molar-refractivity contribution >= 4 is 88.0 Å². The summed E-state index contributed by atoms with van der Waals surface area (Å²) in [6.45, 7) is 0.143. The predicted molar refractivity (Wildman–Crippen MR) is 223 cm³/mol. The molecule has 2 bridgehead atoms. The number of nitrogens with zero attached hydrogens (tertiary/aromatic N) is 1. The van der Waals surface area contributed by atoms with Crippen LogP contribution < -0.4 is 26.8 Å². The number of fused-ring (bicyclic) bond motifs is 7. The Hall–Kier alpha value is -5.11. The van der Waals surface area contributed by atoms with Crippen LogP contribution >= 0.6 is 6.39 Å². The van der Waals surface area contributed by atoms with Gasteiger partial charge < -0.3 is 0 Å². The van der Waals surface area contributed by atoms with Crippen molar-refractivity contribution in [2.75, 3.05) is 5.09 Å². The third-order valence-corrected chi connectivity index (χ3v) is 20.8. The standard InChI is InChI=1S/C43H29B5N2P/c1-4-14-29(15-5-1)43(30-16-6-2-7-17-30)35-21-10-11-23-37(35)45-38-24-12-20-33-34-28-32(51(46-44-47(51)48(46)51)49-31-18-8-3-9-19-31)26-27-39(34)50(42(33)38)40-25-13-22-36(43)41(40)45/h1-28,49H/q-1. The normalized spacial score (nSPS) is 18.9. The van der Waals surface area contributed by atoms with Crippen LogP contribution in [-0.4, -0.2) is 37.0 Å². The minimum atomic E-state index is -2.16. The molecule has 4 fully saturated rings. The molecule has 8 aromatic rings. The number of rotatable bonds is 5. The van der Waals surface area contributed by atoms with Gasteiger partial charge in [-0.15, -0.1) is 0 Å². The molecule has 0 amide bonds. The van der Waals surface area contributed by atoms with Crippen LogP contribution in [0.25, 0.3) is 27.5 Å². The molecule has 6 aliphatic rings.